The normalized spacial score (nSPS) is 11.9. The van der Waals surface area contributed by atoms with Crippen LogP contribution >= 0.6 is 0 Å². The van der Waals surface area contributed by atoms with Crippen LogP contribution in [0.4, 0.5) is 0 Å². The van der Waals surface area contributed by atoms with Crippen LogP contribution in [0.25, 0.3) is 6.08 Å². The van der Waals surface area contributed by atoms with E-state index in [-0.39, 0.29) is 28.9 Å². The van der Waals surface area contributed by atoms with Crippen LogP contribution in [-0.4, -0.2) is 16.5 Å². The van der Waals surface area contributed by atoms with Gasteiger partial charge in [0, 0.05) is 5.56 Å². The van der Waals surface area contributed by atoms with Crippen LogP contribution in [0.3, 0.4) is 0 Å². The van der Waals surface area contributed by atoms with E-state index in [4.69, 9.17) is 9.15 Å². The number of allylic oxidation sites excluding steroid dienone is 1. The molecule has 172 valence electrons. The molecule has 3 aromatic rings. The van der Waals surface area contributed by atoms with Gasteiger partial charge in [-0.2, -0.15) is 0 Å². The molecule has 0 radical (unpaired) electrons. The highest BCUT2D eigenvalue weighted by atomic mass is 79.9. The summed E-state index contributed by atoms with van der Waals surface area (Å²) in [5.74, 6) is 1.41. The molecule has 0 saturated heterocycles. The number of ketones is 1. The summed E-state index contributed by atoms with van der Waals surface area (Å²) in [4.78, 5) is 12.2. The molecule has 0 amide bonds. The molecule has 0 fully saturated rings. The van der Waals surface area contributed by atoms with Crippen molar-refractivity contribution in [3.63, 3.8) is 0 Å². The lowest BCUT2D eigenvalue weighted by atomic mass is 10.1. The topological polar surface area (TPSA) is 48.2 Å². The number of rotatable bonds is 13. The van der Waals surface area contributed by atoms with Gasteiger partial charge in [-0.25, -0.2) is 9.13 Å². The van der Waals surface area contributed by atoms with Gasteiger partial charge in [0.15, 0.2) is 5.78 Å². The summed E-state index contributed by atoms with van der Waals surface area (Å²) in [6, 6.07) is 11.0. The van der Waals surface area contributed by atoms with Gasteiger partial charge in [-0.15, -0.1) is 0 Å². The van der Waals surface area contributed by atoms with Gasteiger partial charge in [-0.1, -0.05) is 12.8 Å². The molecule has 0 N–H and O–H groups in total. The first-order valence-corrected chi connectivity index (χ1v) is 11.1. The van der Waals surface area contributed by atoms with Crippen molar-refractivity contribution in [2.45, 2.75) is 58.1 Å². The van der Waals surface area contributed by atoms with E-state index in [1.165, 1.54) is 38.2 Å². The first-order valence-electron chi connectivity index (χ1n) is 11.1. The molecule has 5 nitrogen and oxygen atoms in total. The molecular weight excluding hydrogens is 468 g/mol. The first-order chi connectivity index (χ1) is 15.1. The number of furan rings is 1. The molecule has 1 aromatic carbocycles. The highest BCUT2D eigenvalue weighted by Crippen LogP contribution is 2.17. The van der Waals surface area contributed by atoms with E-state index < -0.39 is 0 Å². The SMILES string of the molecule is CC(CCCCCCCn1cc[n+](C)c1)Oc1ccc(C(=O)/C=C/c2ccco2)cc1.[Br-]. The highest BCUT2D eigenvalue weighted by molar-refractivity contribution is 6.06. The predicted octanol–water partition coefficient (Wildman–Crippen LogP) is 2.61. The third-order valence-corrected chi connectivity index (χ3v) is 5.27. The summed E-state index contributed by atoms with van der Waals surface area (Å²) in [6.45, 7) is 3.20. The number of benzene rings is 1. The standard InChI is InChI=1S/C26H33N2O3.BrH/c1-22(9-6-4-3-5-7-17-28-19-18-27(2)21-28)31-25-13-11-23(12-14-25)26(29)16-15-24-10-8-20-30-24;/h8,10-16,18-22H,3-7,9,17H2,1-2H3;1H/q+1;/p-1/b16-15+;. The number of ether oxygens (including phenoxy) is 1. The van der Waals surface area contributed by atoms with Crippen LogP contribution in [-0.2, 0) is 13.6 Å². The number of halogens is 1. The molecule has 0 spiro atoms. The highest BCUT2D eigenvalue weighted by Gasteiger charge is 2.07. The lowest BCUT2D eigenvalue weighted by Gasteiger charge is -2.14. The van der Waals surface area contributed by atoms with Gasteiger partial charge in [0.25, 0.3) is 0 Å². The van der Waals surface area contributed by atoms with Crippen molar-refractivity contribution in [3.8, 4) is 5.75 Å². The Morgan fingerprint density at radius 1 is 1.12 bits per heavy atom. The fourth-order valence-electron chi connectivity index (χ4n) is 3.52. The average molecular weight is 501 g/mol. The Kier molecular flexibility index (Phi) is 11.0. The average Bonchev–Trinajstić information content (AvgIpc) is 3.43. The number of aromatic nitrogens is 2. The molecule has 0 bridgehead atoms. The van der Waals surface area contributed by atoms with Crippen molar-refractivity contribution in [1.29, 1.82) is 0 Å². The Morgan fingerprint density at radius 2 is 1.88 bits per heavy atom. The third kappa shape index (κ3) is 8.87. The largest absolute Gasteiger partial charge is 1.00 e. The molecule has 0 aliphatic heterocycles. The second kappa shape index (κ2) is 13.7. The second-order valence-electron chi connectivity index (χ2n) is 8.04. The van der Waals surface area contributed by atoms with Crippen molar-refractivity contribution in [1.82, 2.24) is 4.57 Å². The van der Waals surface area contributed by atoms with Gasteiger partial charge < -0.3 is 26.1 Å². The van der Waals surface area contributed by atoms with Crippen LogP contribution in [0.5, 0.6) is 5.75 Å². The Hall–Kier alpha value is -2.60. The van der Waals surface area contributed by atoms with Crippen LogP contribution in [0.2, 0.25) is 0 Å². The third-order valence-electron chi connectivity index (χ3n) is 5.27. The maximum absolute atomic E-state index is 12.2. The smallest absolute Gasteiger partial charge is 0.243 e. The van der Waals surface area contributed by atoms with Crippen LogP contribution < -0.4 is 26.3 Å². The van der Waals surface area contributed by atoms with Gasteiger partial charge in [0.2, 0.25) is 6.33 Å². The summed E-state index contributed by atoms with van der Waals surface area (Å²) < 4.78 is 15.5. The van der Waals surface area contributed by atoms with Crippen molar-refractivity contribution < 1.29 is 35.5 Å². The zero-order valence-electron chi connectivity index (χ0n) is 19.0. The Morgan fingerprint density at radius 3 is 2.56 bits per heavy atom. The molecular formula is C26H33BrN2O3. The van der Waals surface area contributed by atoms with Crippen molar-refractivity contribution in [2.75, 3.05) is 0 Å². The summed E-state index contributed by atoms with van der Waals surface area (Å²) in [6.07, 6.45) is 18.5. The van der Waals surface area contributed by atoms with Gasteiger partial charge in [-0.05, 0) is 81.2 Å². The lowest BCUT2D eigenvalue weighted by molar-refractivity contribution is -0.671. The van der Waals surface area contributed by atoms with Crippen LogP contribution in [0.15, 0.2) is 71.9 Å². The summed E-state index contributed by atoms with van der Waals surface area (Å²) in [5.41, 5.74) is 0.636. The second-order valence-corrected chi connectivity index (χ2v) is 8.04. The monoisotopic (exact) mass is 500 g/mol. The molecule has 6 heteroatoms. The molecule has 1 atom stereocenters. The fraction of sp³-hybridized carbons (Fsp3) is 0.385. The van der Waals surface area contributed by atoms with Crippen molar-refractivity contribution >= 4 is 11.9 Å². The number of nitrogens with zero attached hydrogens (tertiary/aromatic N) is 2. The minimum atomic E-state index is -0.0540. The van der Waals surface area contributed by atoms with Crippen molar-refractivity contribution in [3.05, 3.63) is 78.8 Å². The van der Waals surface area contributed by atoms with Gasteiger partial charge >= 0.3 is 0 Å². The Balaban J connectivity index is 0.00000363. The maximum atomic E-state index is 12.2. The number of hydrogen-bond donors (Lipinski definition) is 0. The number of unbranched alkanes of at least 4 members (excludes halogenated alkanes) is 4. The lowest BCUT2D eigenvalue weighted by Crippen LogP contribution is -3.00. The van der Waals surface area contributed by atoms with E-state index in [2.05, 4.69) is 41.8 Å². The van der Waals surface area contributed by atoms with Crippen molar-refractivity contribution in [2.24, 2.45) is 7.05 Å². The number of hydrogen-bond acceptors (Lipinski definition) is 3. The Bertz CT molecular complexity index is 946. The molecule has 32 heavy (non-hydrogen) atoms. The van der Waals surface area contributed by atoms with E-state index >= 15 is 0 Å². The minimum absolute atomic E-state index is 0. The van der Waals surface area contributed by atoms with Gasteiger partial charge in [-0.3, -0.25) is 4.79 Å². The number of carbonyl (C=O) groups is 1. The van der Waals surface area contributed by atoms with Gasteiger partial charge in [0.1, 0.15) is 23.9 Å². The fourth-order valence-corrected chi connectivity index (χ4v) is 3.52. The zero-order chi connectivity index (χ0) is 21.9. The zero-order valence-corrected chi connectivity index (χ0v) is 20.5. The van der Waals surface area contributed by atoms with Crippen LogP contribution in [0.1, 0.15) is 61.6 Å². The molecule has 0 saturated carbocycles. The molecule has 0 aliphatic carbocycles. The van der Waals surface area contributed by atoms with E-state index in [1.807, 2.05) is 30.3 Å². The van der Waals surface area contributed by atoms with E-state index in [9.17, 15) is 4.79 Å². The number of imidazole rings is 1. The van der Waals surface area contributed by atoms with E-state index in [1.54, 1.807) is 18.4 Å². The Labute approximate surface area is 201 Å². The quantitative estimate of drug-likeness (QED) is 0.157. The summed E-state index contributed by atoms with van der Waals surface area (Å²) >= 11 is 0. The van der Waals surface area contributed by atoms with E-state index in [0.717, 1.165) is 18.7 Å². The molecule has 0 aliphatic rings. The van der Waals surface area contributed by atoms with Crippen LogP contribution in [0, 0.1) is 0 Å². The summed E-state index contributed by atoms with van der Waals surface area (Å²) in [7, 11) is 2.05. The molecule has 1 unspecified atom stereocenters. The summed E-state index contributed by atoms with van der Waals surface area (Å²) in [5, 5.41) is 0. The first kappa shape index (κ1) is 25.7. The van der Waals surface area contributed by atoms with E-state index in [0.29, 0.717) is 11.3 Å². The number of carbonyl (C=O) groups excluding carboxylic acids is 1. The maximum Gasteiger partial charge on any atom is 0.243 e. The predicted molar refractivity (Wildman–Crippen MR) is 122 cm³/mol. The van der Waals surface area contributed by atoms with Gasteiger partial charge in [0.05, 0.1) is 26.0 Å². The number of aryl methyl sites for hydroxylation is 2. The molecule has 2 heterocycles. The molecule has 3 rings (SSSR count). The molecule has 2 aromatic heterocycles. The minimum Gasteiger partial charge on any atom is -1.00 e.